The van der Waals surface area contributed by atoms with Crippen LogP contribution in [-0.2, 0) is 0 Å². The van der Waals surface area contributed by atoms with Gasteiger partial charge >= 0.3 is 0 Å². The molecule has 1 atom stereocenters. The van der Waals surface area contributed by atoms with Crippen molar-refractivity contribution in [2.75, 3.05) is 25.0 Å². The van der Waals surface area contributed by atoms with Gasteiger partial charge in [-0.25, -0.2) is 0 Å². The van der Waals surface area contributed by atoms with Gasteiger partial charge in [-0.05, 0) is 25.1 Å². The number of nitrogens with one attached hydrogen (secondary N) is 1. The van der Waals surface area contributed by atoms with Crippen molar-refractivity contribution in [1.29, 1.82) is 0 Å². The largest absolute Gasteiger partial charge is 0.370 e. The smallest absolute Gasteiger partial charge is 0.0423 e. The van der Waals surface area contributed by atoms with Crippen molar-refractivity contribution in [2.24, 2.45) is 0 Å². The van der Waals surface area contributed by atoms with E-state index in [0.717, 1.165) is 13.1 Å². The Balaban J connectivity index is 2.08. The number of nitrogens with zero attached hydrogens (tertiary/aromatic N) is 1. The Hall–Kier alpha value is -1.02. The molecule has 13 heavy (non-hydrogen) atoms. The molecule has 0 amide bonds. The first-order valence-corrected chi connectivity index (χ1v) is 4.86. The number of hydrogen-bond acceptors (Lipinski definition) is 2. The monoisotopic (exact) mass is 176 g/mol. The van der Waals surface area contributed by atoms with Crippen molar-refractivity contribution in [3.63, 3.8) is 0 Å². The molecule has 0 aromatic heterocycles. The average Bonchev–Trinajstić information content (AvgIpc) is 2.71. The first kappa shape index (κ1) is 8.57. The Morgan fingerprint density at radius 2 is 2.08 bits per heavy atom. The summed E-state index contributed by atoms with van der Waals surface area (Å²) in [7, 11) is 2.17. The molecule has 0 saturated carbocycles. The van der Waals surface area contributed by atoms with Gasteiger partial charge in [0.05, 0.1) is 0 Å². The lowest BCUT2D eigenvalue weighted by atomic mass is 10.2. The maximum atomic E-state index is 3.38. The van der Waals surface area contributed by atoms with E-state index in [0.29, 0.717) is 6.04 Å². The van der Waals surface area contributed by atoms with Gasteiger partial charge in [0.2, 0.25) is 0 Å². The minimum absolute atomic E-state index is 0.669. The van der Waals surface area contributed by atoms with Gasteiger partial charge in [0.15, 0.2) is 0 Å². The van der Waals surface area contributed by atoms with Crippen LogP contribution in [0.4, 0.5) is 5.69 Å². The molecule has 1 N–H and O–H groups in total. The van der Waals surface area contributed by atoms with Crippen LogP contribution in [-0.4, -0.2) is 26.2 Å². The average molecular weight is 176 g/mol. The molecule has 0 radical (unpaired) electrons. The van der Waals surface area contributed by atoms with Crippen LogP contribution < -0.4 is 10.2 Å². The highest BCUT2D eigenvalue weighted by molar-refractivity contribution is 5.46. The van der Waals surface area contributed by atoms with Crippen LogP contribution in [0.2, 0.25) is 0 Å². The molecule has 1 aliphatic heterocycles. The minimum atomic E-state index is 0.669. The molecule has 0 spiro atoms. The van der Waals surface area contributed by atoms with Gasteiger partial charge in [-0.1, -0.05) is 18.2 Å². The molecular formula is C11H16N2. The summed E-state index contributed by atoms with van der Waals surface area (Å²) in [6.45, 7) is 2.27. The molecule has 0 unspecified atom stereocenters. The molecule has 2 nitrogen and oxygen atoms in total. The second-order valence-corrected chi connectivity index (χ2v) is 3.59. The first-order valence-electron chi connectivity index (χ1n) is 4.86. The Bertz CT molecular complexity index is 252. The lowest BCUT2D eigenvalue weighted by molar-refractivity contribution is 0.686. The third-order valence-corrected chi connectivity index (χ3v) is 2.75. The van der Waals surface area contributed by atoms with E-state index in [4.69, 9.17) is 0 Å². The Kier molecular flexibility index (Phi) is 2.50. The van der Waals surface area contributed by atoms with Gasteiger partial charge in [-0.2, -0.15) is 0 Å². The summed E-state index contributed by atoms with van der Waals surface area (Å²) < 4.78 is 0. The molecule has 70 valence electrons. The van der Waals surface area contributed by atoms with Crippen molar-refractivity contribution in [1.82, 2.24) is 5.32 Å². The summed E-state index contributed by atoms with van der Waals surface area (Å²) >= 11 is 0. The topological polar surface area (TPSA) is 15.3 Å². The molecule has 0 bridgehead atoms. The number of para-hydroxylation sites is 1. The zero-order valence-electron chi connectivity index (χ0n) is 8.03. The predicted molar refractivity (Wildman–Crippen MR) is 56.1 cm³/mol. The molecule has 1 saturated heterocycles. The lowest BCUT2D eigenvalue weighted by Gasteiger charge is -2.25. The van der Waals surface area contributed by atoms with E-state index in [1.807, 2.05) is 0 Å². The zero-order chi connectivity index (χ0) is 9.10. The fourth-order valence-electron chi connectivity index (χ4n) is 1.84. The minimum Gasteiger partial charge on any atom is -0.370 e. The van der Waals surface area contributed by atoms with Crippen molar-refractivity contribution >= 4 is 5.69 Å². The van der Waals surface area contributed by atoms with E-state index >= 15 is 0 Å². The first-order chi connectivity index (χ1) is 6.38. The fraction of sp³-hybridized carbons (Fsp3) is 0.455. The summed E-state index contributed by atoms with van der Waals surface area (Å²) in [5.74, 6) is 0. The molecule has 2 heteroatoms. The molecule has 1 heterocycles. The Labute approximate surface area is 79.6 Å². The number of anilines is 1. The van der Waals surface area contributed by atoms with Gasteiger partial charge in [0, 0.05) is 25.3 Å². The van der Waals surface area contributed by atoms with E-state index in [-0.39, 0.29) is 0 Å². The number of hydrogen-bond donors (Lipinski definition) is 1. The third kappa shape index (κ3) is 1.83. The molecule has 1 aromatic rings. The maximum Gasteiger partial charge on any atom is 0.0423 e. The van der Waals surface area contributed by atoms with Gasteiger partial charge < -0.3 is 10.2 Å². The van der Waals surface area contributed by atoms with Crippen molar-refractivity contribution in [3.8, 4) is 0 Å². The predicted octanol–water partition coefficient (Wildman–Crippen LogP) is 1.48. The second-order valence-electron chi connectivity index (χ2n) is 3.59. The van der Waals surface area contributed by atoms with E-state index in [1.54, 1.807) is 0 Å². The molecule has 1 aliphatic rings. The summed E-state index contributed by atoms with van der Waals surface area (Å²) in [5.41, 5.74) is 1.32. The molecule has 2 rings (SSSR count). The standard InChI is InChI=1S/C11H16N2/c1-13(11-7-8-12-9-11)10-5-3-2-4-6-10/h2-6,11-12H,7-9H2,1H3/t11-/m1/s1. The summed E-state index contributed by atoms with van der Waals surface area (Å²) in [4.78, 5) is 2.36. The van der Waals surface area contributed by atoms with Crippen LogP contribution in [0.15, 0.2) is 30.3 Å². The van der Waals surface area contributed by atoms with E-state index < -0.39 is 0 Å². The molecular weight excluding hydrogens is 160 g/mol. The fourth-order valence-corrected chi connectivity index (χ4v) is 1.84. The quantitative estimate of drug-likeness (QED) is 0.734. The van der Waals surface area contributed by atoms with Crippen LogP contribution >= 0.6 is 0 Å². The van der Waals surface area contributed by atoms with Gasteiger partial charge in [-0.15, -0.1) is 0 Å². The maximum absolute atomic E-state index is 3.38. The summed E-state index contributed by atoms with van der Waals surface area (Å²) in [6, 6.07) is 11.2. The normalized spacial score (nSPS) is 21.8. The third-order valence-electron chi connectivity index (χ3n) is 2.75. The van der Waals surface area contributed by atoms with Crippen molar-refractivity contribution in [2.45, 2.75) is 12.5 Å². The van der Waals surface area contributed by atoms with Gasteiger partial charge in [0.1, 0.15) is 0 Å². The van der Waals surface area contributed by atoms with Crippen LogP contribution in [0.1, 0.15) is 6.42 Å². The van der Waals surface area contributed by atoms with E-state index in [1.165, 1.54) is 12.1 Å². The molecule has 0 aliphatic carbocycles. The Morgan fingerprint density at radius 1 is 1.31 bits per heavy atom. The van der Waals surface area contributed by atoms with Crippen molar-refractivity contribution in [3.05, 3.63) is 30.3 Å². The summed E-state index contributed by atoms with van der Waals surface area (Å²) in [6.07, 6.45) is 1.26. The number of benzene rings is 1. The van der Waals surface area contributed by atoms with E-state index in [9.17, 15) is 0 Å². The lowest BCUT2D eigenvalue weighted by Crippen LogP contribution is -2.33. The van der Waals surface area contributed by atoms with Crippen LogP contribution in [0.25, 0.3) is 0 Å². The van der Waals surface area contributed by atoms with Crippen LogP contribution in [0.5, 0.6) is 0 Å². The second kappa shape index (κ2) is 3.79. The summed E-state index contributed by atoms with van der Waals surface area (Å²) in [5, 5.41) is 3.38. The number of likely N-dealkylation sites (N-methyl/N-ethyl adjacent to an activating group) is 1. The highest BCUT2D eigenvalue weighted by atomic mass is 15.2. The Morgan fingerprint density at radius 3 is 2.69 bits per heavy atom. The SMILES string of the molecule is CN(c1ccccc1)[C@@H]1CCNC1. The highest BCUT2D eigenvalue weighted by Gasteiger charge is 2.18. The highest BCUT2D eigenvalue weighted by Crippen LogP contribution is 2.17. The number of rotatable bonds is 2. The molecule has 1 aromatic carbocycles. The molecule has 1 fully saturated rings. The van der Waals surface area contributed by atoms with E-state index in [2.05, 4.69) is 47.6 Å². The van der Waals surface area contributed by atoms with Gasteiger partial charge in [-0.3, -0.25) is 0 Å². The van der Waals surface area contributed by atoms with Crippen LogP contribution in [0, 0.1) is 0 Å². The van der Waals surface area contributed by atoms with Crippen LogP contribution in [0.3, 0.4) is 0 Å². The van der Waals surface area contributed by atoms with Gasteiger partial charge in [0.25, 0.3) is 0 Å². The van der Waals surface area contributed by atoms with Crippen molar-refractivity contribution < 1.29 is 0 Å². The zero-order valence-corrected chi connectivity index (χ0v) is 8.03.